The molecule has 3 aromatic carbocycles. The molecular formula is C24H24Cl2N2O4S. The molecule has 0 radical (unpaired) electrons. The highest BCUT2D eigenvalue weighted by atomic mass is 35.5. The van der Waals surface area contributed by atoms with Gasteiger partial charge in [0.2, 0.25) is 15.9 Å². The number of rotatable bonds is 9. The quantitative estimate of drug-likeness (QED) is 0.433. The smallest absolute Gasteiger partial charge is 0.243 e. The van der Waals surface area contributed by atoms with E-state index in [0.29, 0.717) is 33.5 Å². The summed E-state index contributed by atoms with van der Waals surface area (Å²) in [5.74, 6) is 0.0792. The molecule has 6 nitrogen and oxygen atoms in total. The standard InChI is InChI=1S/C24H24Cl2N2O4S/c1-17-12-22(8-9-23(17)32-2)33(30,31)28(11-10-18-6-4-3-5-7-18)16-24(29)27-21-14-19(25)13-20(26)15-21/h3-9,12-15H,10-11,16H2,1-2H3,(H,27,29). The summed E-state index contributed by atoms with van der Waals surface area (Å²) in [5, 5.41) is 3.39. The van der Waals surface area contributed by atoms with Crippen molar-refractivity contribution in [2.24, 2.45) is 0 Å². The number of sulfonamides is 1. The molecule has 0 saturated carbocycles. The highest BCUT2D eigenvalue weighted by Gasteiger charge is 2.27. The molecule has 0 spiro atoms. The summed E-state index contributed by atoms with van der Waals surface area (Å²) in [5.41, 5.74) is 2.03. The Hall–Kier alpha value is -2.58. The molecule has 0 heterocycles. The predicted molar refractivity (Wildman–Crippen MR) is 132 cm³/mol. The first kappa shape index (κ1) is 25.1. The molecule has 0 aliphatic carbocycles. The average Bonchev–Trinajstić information content (AvgIpc) is 2.76. The molecule has 0 atom stereocenters. The fourth-order valence-electron chi connectivity index (χ4n) is 3.33. The SMILES string of the molecule is COc1ccc(S(=O)(=O)N(CCc2ccccc2)CC(=O)Nc2cc(Cl)cc(Cl)c2)cc1C. The summed E-state index contributed by atoms with van der Waals surface area (Å²) in [6.07, 6.45) is 0.450. The van der Waals surface area contributed by atoms with Crippen molar-refractivity contribution in [3.8, 4) is 5.75 Å². The van der Waals surface area contributed by atoms with Crippen LogP contribution in [0.5, 0.6) is 5.75 Å². The van der Waals surface area contributed by atoms with Gasteiger partial charge in [-0.3, -0.25) is 4.79 Å². The number of carbonyl (C=O) groups is 1. The maximum atomic E-state index is 13.5. The minimum atomic E-state index is -3.96. The lowest BCUT2D eigenvalue weighted by Crippen LogP contribution is -2.39. The zero-order valence-corrected chi connectivity index (χ0v) is 20.5. The topological polar surface area (TPSA) is 75.7 Å². The van der Waals surface area contributed by atoms with E-state index in [0.717, 1.165) is 5.56 Å². The van der Waals surface area contributed by atoms with Crippen LogP contribution in [0.15, 0.2) is 71.6 Å². The van der Waals surface area contributed by atoms with Gasteiger partial charge in [-0.1, -0.05) is 53.5 Å². The number of amides is 1. The van der Waals surface area contributed by atoms with Gasteiger partial charge in [0.25, 0.3) is 0 Å². The van der Waals surface area contributed by atoms with E-state index in [4.69, 9.17) is 27.9 Å². The molecule has 0 bridgehead atoms. The van der Waals surface area contributed by atoms with Gasteiger partial charge in [-0.15, -0.1) is 0 Å². The largest absolute Gasteiger partial charge is 0.496 e. The normalized spacial score (nSPS) is 11.4. The molecule has 3 rings (SSSR count). The second kappa shape index (κ2) is 11.0. The molecule has 0 aliphatic rings. The third-order valence-electron chi connectivity index (χ3n) is 4.96. The van der Waals surface area contributed by atoms with Crippen LogP contribution in [0.1, 0.15) is 11.1 Å². The molecule has 174 valence electrons. The molecule has 0 aromatic heterocycles. The summed E-state index contributed by atoms with van der Waals surface area (Å²) in [6.45, 7) is 1.52. The Morgan fingerprint density at radius 3 is 2.27 bits per heavy atom. The molecule has 1 N–H and O–H groups in total. The average molecular weight is 507 g/mol. The van der Waals surface area contributed by atoms with E-state index in [2.05, 4.69) is 5.32 Å². The van der Waals surface area contributed by atoms with Gasteiger partial charge in [-0.2, -0.15) is 4.31 Å². The lowest BCUT2D eigenvalue weighted by molar-refractivity contribution is -0.116. The fraction of sp³-hybridized carbons (Fsp3) is 0.208. The number of halogens is 2. The second-order valence-electron chi connectivity index (χ2n) is 7.41. The molecule has 0 saturated heterocycles. The Labute approximate surface area is 204 Å². The lowest BCUT2D eigenvalue weighted by Gasteiger charge is -2.22. The number of hydrogen-bond acceptors (Lipinski definition) is 4. The number of aryl methyl sites for hydroxylation is 1. The first-order chi connectivity index (χ1) is 15.7. The van der Waals surface area contributed by atoms with Gasteiger partial charge in [0.15, 0.2) is 0 Å². The molecule has 3 aromatic rings. The van der Waals surface area contributed by atoms with Crippen LogP contribution in [0, 0.1) is 6.92 Å². The van der Waals surface area contributed by atoms with Crippen molar-refractivity contribution in [3.63, 3.8) is 0 Å². The summed E-state index contributed by atoms with van der Waals surface area (Å²) < 4.78 is 33.3. The summed E-state index contributed by atoms with van der Waals surface area (Å²) in [4.78, 5) is 12.9. The van der Waals surface area contributed by atoms with Crippen LogP contribution in [-0.2, 0) is 21.2 Å². The van der Waals surface area contributed by atoms with E-state index < -0.39 is 15.9 Å². The highest BCUT2D eigenvalue weighted by Crippen LogP contribution is 2.25. The summed E-state index contributed by atoms with van der Waals surface area (Å²) in [7, 11) is -2.43. The van der Waals surface area contributed by atoms with Crippen LogP contribution in [0.2, 0.25) is 10.0 Å². The van der Waals surface area contributed by atoms with Crippen LogP contribution in [0.3, 0.4) is 0 Å². The molecule has 9 heteroatoms. The number of benzene rings is 3. The molecular weight excluding hydrogens is 483 g/mol. The number of carbonyl (C=O) groups excluding carboxylic acids is 1. The summed E-state index contributed by atoms with van der Waals surface area (Å²) >= 11 is 12.0. The number of nitrogens with zero attached hydrogens (tertiary/aromatic N) is 1. The van der Waals surface area contributed by atoms with Crippen LogP contribution in [0.25, 0.3) is 0 Å². The van der Waals surface area contributed by atoms with E-state index in [9.17, 15) is 13.2 Å². The number of hydrogen-bond donors (Lipinski definition) is 1. The van der Waals surface area contributed by atoms with Gasteiger partial charge in [-0.05, 0) is 60.9 Å². The van der Waals surface area contributed by atoms with Crippen molar-refractivity contribution < 1.29 is 17.9 Å². The van der Waals surface area contributed by atoms with Gasteiger partial charge < -0.3 is 10.1 Å². The van der Waals surface area contributed by atoms with Crippen molar-refractivity contribution in [1.82, 2.24) is 4.31 Å². The van der Waals surface area contributed by atoms with Crippen molar-refractivity contribution in [3.05, 3.63) is 87.9 Å². The molecule has 0 unspecified atom stereocenters. The minimum absolute atomic E-state index is 0.0902. The second-order valence-corrected chi connectivity index (χ2v) is 10.2. The van der Waals surface area contributed by atoms with Crippen LogP contribution < -0.4 is 10.1 Å². The van der Waals surface area contributed by atoms with Crippen molar-refractivity contribution in [1.29, 1.82) is 0 Å². The zero-order valence-electron chi connectivity index (χ0n) is 18.2. The van der Waals surface area contributed by atoms with Gasteiger partial charge in [0.05, 0.1) is 18.6 Å². The maximum absolute atomic E-state index is 13.5. The monoisotopic (exact) mass is 506 g/mol. The van der Waals surface area contributed by atoms with Crippen molar-refractivity contribution >= 4 is 44.8 Å². The summed E-state index contributed by atoms with van der Waals surface area (Å²) in [6, 6.07) is 18.7. The zero-order chi connectivity index (χ0) is 24.0. The first-order valence-electron chi connectivity index (χ1n) is 10.1. The van der Waals surface area contributed by atoms with Crippen LogP contribution >= 0.6 is 23.2 Å². The van der Waals surface area contributed by atoms with Crippen LogP contribution in [-0.4, -0.2) is 38.8 Å². The Kier molecular flexibility index (Phi) is 8.37. The number of ether oxygens (including phenoxy) is 1. The molecule has 1 amide bonds. The fourth-order valence-corrected chi connectivity index (χ4v) is 5.34. The van der Waals surface area contributed by atoms with E-state index in [1.807, 2.05) is 30.3 Å². The number of nitrogens with one attached hydrogen (secondary N) is 1. The van der Waals surface area contributed by atoms with E-state index in [-0.39, 0.29) is 18.0 Å². The lowest BCUT2D eigenvalue weighted by atomic mass is 10.1. The predicted octanol–water partition coefficient (Wildman–Crippen LogP) is 5.18. The Balaban J connectivity index is 1.86. The third-order valence-corrected chi connectivity index (χ3v) is 7.24. The van der Waals surface area contributed by atoms with E-state index >= 15 is 0 Å². The maximum Gasteiger partial charge on any atom is 0.243 e. The molecule has 33 heavy (non-hydrogen) atoms. The Morgan fingerprint density at radius 1 is 1.00 bits per heavy atom. The molecule has 0 fully saturated rings. The highest BCUT2D eigenvalue weighted by molar-refractivity contribution is 7.89. The van der Waals surface area contributed by atoms with Gasteiger partial charge >= 0.3 is 0 Å². The van der Waals surface area contributed by atoms with Crippen molar-refractivity contribution in [2.75, 3.05) is 25.5 Å². The number of anilines is 1. The van der Waals surface area contributed by atoms with Crippen LogP contribution in [0.4, 0.5) is 5.69 Å². The third kappa shape index (κ3) is 6.71. The Bertz CT molecular complexity index is 1210. The van der Waals surface area contributed by atoms with Gasteiger partial charge in [0, 0.05) is 22.3 Å². The van der Waals surface area contributed by atoms with Gasteiger partial charge in [0.1, 0.15) is 5.75 Å². The first-order valence-corrected chi connectivity index (χ1v) is 12.3. The van der Waals surface area contributed by atoms with E-state index in [1.165, 1.54) is 17.5 Å². The number of methoxy groups -OCH3 is 1. The minimum Gasteiger partial charge on any atom is -0.496 e. The van der Waals surface area contributed by atoms with Gasteiger partial charge in [-0.25, -0.2) is 8.42 Å². The van der Waals surface area contributed by atoms with Crippen molar-refractivity contribution in [2.45, 2.75) is 18.2 Å². The Morgan fingerprint density at radius 2 is 1.67 bits per heavy atom. The van der Waals surface area contributed by atoms with E-state index in [1.54, 1.807) is 37.3 Å². The molecule has 0 aliphatic heterocycles.